The average molecular weight is 230 g/mol. The highest BCUT2D eigenvalue weighted by molar-refractivity contribution is 5.90. The lowest BCUT2D eigenvalue weighted by Crippen LogP contribution is -2.14. The number of carbonyl (C=O) groups is 1. The van der Waals surface area contributed by atoms with Crippen molar-refractivity contribution in [2.45, 2.75) is 19.8 Å². The highest BCUT2D eigenvalue weighted by atomic mass is 16.1. The first-order chi connectivity index (χ1) is 8.22. The Kier molecular flexibility index (Phi) is 3.18. The number of aryl methyl sites for hydroxylation is 1. The molecule has 0 spiro atoms. The topological polar surface area (TPSA) is 73.8 Å². The summed E-state index contributed by atoms with van der Waals surface area (Å²) < 4.78 is 1.87. The summed E-state index contributed by atoms with van der Waals surface area (Å²) in [7, 11) is 0. The van der Waals surface area contributed by atoms with Crippen molar-refractivity contribution in [1.82, 2.24) is 14.5 Å². The van der Waals surface area contributed by atoms with Crippen LogP contribution in [0.5, 0.6) is 0 Å². The third-order valence-corrected chi connectivity index (χ3v) is 2.42. The lowest BCUT2D eigenvalue weighted by atomic mass is 10.3. The average Bonchev–Trinajstić information content (AvgIpc) is 2.78. The largest absolute Gasteiger partial charge is 0.364 e. The number of aromatic nitrogens is 3. The van der Waals surface area contributed by atoms with Crippen LogP contribution in [0.4, 0.5) is 0 Å². The normalized spacial score (nSPS) is 10.4. The van der Waals surface area contributed by atoms with E-state index in [-0.39, 0.29) is 5.69 Å². The molecule has 0 fully saturated rings. The quantitative estimate of drug-likeness (QED) is 0.860. The molecule has 0 bridgehead atoms. The smallest absolute Gasteiger partial charge is 0.267 e. The van der Waals surface area contributed by atoms with E-state index < -0.39 is 5.91 Å². The van der Waals surface area contributed by atoms with Crippen molar-refractivity contribution in [3.05, 3.63) is 42.1 Å². The molecular formula is C12H14N4O. The second kappa shape index (κ2) is 4.78. The zero-order chi connectivity index (χ0) is 12.3. The van der Waals surface area contributed by atoms with E-state index in [9.17, 15) is 4.79 Å². The zero-order valence-electron chi connectivity index (χ0n) is 9.63. The molecule has 2 heterocycles. The Labute approximate surface area is 99.3 Å². The van der Waals surface area contributed by atoms with Gasteiger partial charge in [0.15, 0.2) is 0 Å². The van der Waals surface area contributed by atoms with E-state index in [2.05, 4.69) is 16.9 Å². The molecule has 2 rings (SSSR count). The third-order valence-electron chi connectivity index (χ3n) is 2.42. The van der Waals surface area contributed by atoms with Crippen LogP contribution in [0.15, 0.2) is 30.6 Å². The first-order valence-corrected chi connectivity index (χ1v) is 5.52. The second-order valence-electron chi connectivity index (χ2n) is 3.71. The van der Waals surface area contributed by atoms with Gasteiger partial charge in [0.05, 0.1) is 0 Å². The standard InChI is InChI=1S/C12H14N4O/c1-2-4-10-14-7-8-16(10)11-6-3-5-9(15-11)12(13)17/h3,5-8H,2,4H2,1H3,(H2,13,17). The number of amides is 1. The van der Waals surface area contributed by atoms with Crippen LogP contribution in [0, 0.1) is 0 Å². The Balaban J connectivity index is 2.42. The van der Waals surface area contributed by atoms with Crippen molar-refractivity contribution < 1.29 is 4.79 Å². The minimum atomic E-state index is -0.524. The Hall–Kier alpha value is -2.17. The van der Waals surface area contributed by atoms with Gasteiger partial charge in [-0.1, -0.05) is 13.0 Å². The van der Waals surface area contributed by atoms with E-state index in [1.165, 1.54) is 0 Å². The number of carbonyl (C=O) groups excluding carboxylic acids is 1. The molecule has 2 aromatic heterocycles. The summed E-state index contributed by atoms with van der Waals surface area (Å²) in [6, 6.07) is 5.19. The van der Waals surface area contributed by atoms with Crippen LogP contribution in [0.1, 0.15) is 29.7 Å². The summed E-state index contributed by atoms with van der Waals surface area (Å²) >= 11 is 0. The summed E-state index contributed by atoms with van der Waals surface area (Å²) in [5.74, 6) is 1.08. The highest BCUT2D eigenvalue weighted by Gasteiger charge is 2.07. The van der Waals surface area contributed by atoms with Crippen molar-refractivity contribution in [3.63, 3.8) is 0 Å². The number of hydrogen-bond acceptors (Lipinski definition) is 3. The first kappa shape index (κ1) is 11.3. The Morgan fingerprint density at radius 1 is 1.47 bits per heavy atom. The first-order valence-electron chi connectivity index (χ1n) is 5.52. The molecule has 0 aliphatic heterocycles. The van der Waals surface area contributed by atoms with Crippen molar-refractivity contribution in [2.24, 2.45) is 5.73 Å². The van der Waals surface area contributed by atoms with E-state index in [4.69, 9.17) is 5.73 Å². The molecule has 0 atom stereocenters. The summed E-state index contributed by atoms with van der Waals surface area (Å²) in [4.78, 5) is 19.5. The number of rotatable bonds is 4. The van der Waals surface area contributed by atoms with E-state index >= 15 is 0 Å². The molecule has 0 saturated carbocycles. The van der Waals surface area contributed by atoms with Crippen molar-refractivity contribution in [2.75, 3.05) is 0 Å². The van der Waals surface area contributed by atoms with E-state index in [0.29, 0.717) is 5.82 Å². The van der Waals surface area contributed by atoms with Gasteiger partial charge in [-0.3, -0.25) is 9.36 Å². The molecular weight excluding hydrogens is 216 g/mol. The van der Waals surface area contributed by atoms with Crippen LogP contribution in [0.2, 0.25) is 0 Å². The number of imidazole rings is 1. The predicted octanol–water partition coefficient (Wildman–Crippen LogP) is 1.32. The van der Waals surface area contributed by atoms with Gasteiger partial charge in [0.2, 0.25) is 0 Å². The molecule has 0 aliphatic rings. The maximum atomic E-state index is 11.1. The molecule has 0 saturated heterocycles. The van der Waals surface area contributed by atoms with Crippen LogP contribution in [-0.4, -0.2) is 20.4 Å². The molecule has 0 radical (unpaired) electrons. The van der Waals surface area contributed by atoms with E-state index in [1.807, 2.05) is 16.8 Å². The molecule has 0 aromatic carbocycles. The maximum Gasteiger partial charge on any atom is 0.267 e. The number of primary amides is 1. The molecule has 5 nitrogen and oxygen atoms in total. The third kappa shape index (κ3) is 2.33. The fourth-order valence-electron chi connectivity index (χ4n) is 1.65. The van der Waals surface area contributed by atoms with Gasteiger partial charge in [0, 0.05) is 18.8 Å². The summed E-state index contributed by atoms with van der Waals surface area (Å²) in [5.41, 5.74) is 5.47. The molecule has 2 aromatic rings. The monoisotopic (exact) mass is 230 g/mol. The molecule has 2 N–H and O–H groups in total. The molecule has 88 valence electrons. The summed E-state index contributed by atoms with van der Waals surface area (Å²) in [5, 5.41) is 0. The van der Waals surface area contributed by atoms with Gasteiger partial charge in [0.25, 0.3) is 5.91 Å². The van der Waals surface area contributed by atoms with Gasteiger partial charge < -0.3 is 5.73 Å². The fourth-order valence-corrected chi connectivity index (χ4v) is 1.65. The second-order valence-corrected chi connectivity index (χ2v) is 3.71. The number of hydrogen-bond donors (Lipinski definition) is 1. The number of nitrogens with zero attached hydrogens (tertiary/aromatic N) is 3. The lowest BCUT2D eigenvalue weighted by molar-refractivity contribution is 0.0995. The van der Waals surface area contributed by atoms with Gasteiger partial charge in [-0.25, -0.2) is 9.97 Å². The Bertz CT molecular complexity index is 533. The minimum absolute atomic E-state index is 0.263. The van der Waals surface area contributed by atoms with Crippen LogP contribution >= 0.6 is 0 Å². The molecule has 0 unspecified atom stereocenters. The van der Waals surface area contributed by atoms with Gasteiger partial charge in [-0.15, -0.1) is 0 Å². The fraction of sp³-hybridized carbons (Fsp3) is 0.250. The van der Waals surface area contributed by atoms with Gasteiger partial charge in [-0.2, -0.15) is 0 Å². The van der Waals surface area contributed by atoms with Crippen molar-refractivity contribution in [1.29, 1.82) is 0 Å². The lowest BCUT2D eigenvalue weighted by Gasteiger charge is -2.06. The number of pyridine rings is 1. The Morgan fingerprint density at radius 3 is 3.00 bits per heavy atom. The molecule has 5 heteroatoms. The van der Waals surface area contributed by atoms with Crippen LogP contribution in [-0.2, 0) is 6.42 Å². The highest BCUT2D eigenvalue weighted by Crippen LogP contribution is 2.10. The summed E-state index contributed by atoms with van der Waals surface area (Å²) in [6.45, 7) is 2.09. The maximum absolute atomic E-state index is 11.1. The van der Waals surface area contributed by atoms with E-state index in [0.717, 1.165) is 18.7 Å². The van der Waals surface area contributed by atoms with Gasteiger partial charge >= 0.3 is 0 Å². The Morgan fingerprint density at radius 2 is 2.29 bits per heavy atom. The SMILES string of the molecule is CCCc1nccn1-c1cccc(C(N)=O)n1. The van der Waals surface area contributed by atoms with Crippen LogP contribution in [0.3, 0.4) is 0 Å². The molecule has 1 amide bonds. The van der Waals surface area contributed by atoms with Gasteiger partial charge in [-0.05, 0) is 18.6 Å². The summed E-state index contributed by atoms with van der Waals surface area (Å²) in [6.07, 6.45) is 5.43. The van der Waals surface area contributed by atoms with E-state index in [1.54, 1.807) is 18.3 Å². The van der Waals surface area contributed by atoms with Crippen LogP contribution in [0.25, 0.3) is 5.82 Å². The van der Waals surface area contributed by atoms with Crippen LogP contribution < -0.4 is 5.73 Å². The molecule has 0 aliphatic carbocycles. The van der Waals surface area contributed by atoms with Gasteiger partial charge in [0.1, 0.15) is 17.3 Å². The zero-order valence-corrected chi connectivity index (χ0v) is 9.63. The molecule has 17 heavy (non-hydrogen) atoms. The number of nitrogens with two attached hydrogens (primary N) is 1. The van der Waals surface area contributed by atoms with Crippen molar-refractivity contribution in [3.8, 4) is 5.82 Å². The predicted molar refractivity (Wildman–Crippen MR) is 63.9 cm³/mol. The minimum Gasteiger partial charge on any atom is -0.364 e. The van der Waals surface area contributed by atoms with Crippen molar-refractivity contribution >= 4 is 5.91 Å².